The van der Waals surface area contributed by atoms with Crippen LogP contribution in [0.2, 0.25) is 0 Å². The van der Waals surface area contributed by atoms with Crippen molar-refractivity contribution in [2.24, 2.45) is 5.41 Å². The maximum absolute atomic E-state index is 11.4. The molecule has 82 valence electrons. The third-order valence-corrected chi connectivity index (χ3v) is 1.95. The first-order valence-corrected chi connectivity index (χ1v) is 5.27. The molecule has 0 aliphatic heterocycles. The first kappa shape index (κ1) is 13.2. The third kappa shape index (κ3) is 5.05. The van der Waals surface area contributed by atoms with E-state index in [0.717, 1.165) is 12.8 Å². The van der Waals surface area contributed by atoms with Crippen LogP contribution in [0.3, 0.4) is 0 Å². The summed E-state index contributed by atoms with van der Waals surface area (Å²) in [7, 11) is 0. The number of carbonyl (C=O) groups is 1. The lowest BCUT2D eigenvalue weighted by molar-refractivity contribution is -0.151. The van der Waals surface area contributed by atoms with E-state index >= 15 is 0 Å². The summed E-state index contributed by atoms with van der Waals surface area (Å²) in [6.07, 6.45) is 4.07. The SMILES string of the molecule is CCC=C(CC)COC(=O)C(C)(C)C. The molecule has 0 aliphatic carbocycles. The van der Waals surface area contributed by atoms with Crippen LogP contribution in [0.4, 0.5) is 0 Å². The van der Waals surface area contributed by atoms with Crippen molar-refractivity contribution in [3.05, 3.63) is 11.6 Å². The first-order valence-electron chi connectivity index (χ1n) is 5.27. The van der Waals surface area contributed by atoms with Crippen molar-refractivity contribution >= 4 is 5.97 Å². The van der Waals surface area contributed by atoms with Gasteiger partial charge in [0.05, 0.1) is 5.41 Å². The van der Waals surface area contributed by atoms with Crippen LogP contribution in [0.15, 0.2) is 11.6 Å². The van der Waals surface area contributed by atoms with E-state index in [2.05, 4.69) is 19.9 Å². The highest BCUT2D eigenvalue weighted by molar-refractivity contribution is 5.75. The zero-order valence-corrected chi connectivity index (χ0v) is 10.0. The van der Waals surface area contributed by atoms with E-state index < -0.39 is 5.41 Å². The highest BCUT2D eigenvalue weighted by Crippen LogP contribution is 2.16. The Hall–Kier alpha value is -0.790. The molecule has 0 saturated carbocycles. The Balaban J connectivity index is 4.05. The summed E-state index contributed by atoms with van der Waals surface area (Å²) < 4.78 is 5.20. The van der Waals surface area contributed by atoms with Gasteiger partial charge in [0, 0.05) is 0 Å². The molecule has 0 N–H and O–H groups in total. The summed E-state index contributed by atoms with van der Waals surface area (Å²) in [5, 5.41) is 0. The van der Waals surface area contributed by atoms with Gasteiger partial charge in [-0.1, -0.05) is 19.9 Å². The van der Waals surface area contributed by atoms with Gasteiger partial charge in [0.1, 0.15) is 6.61 Å². The van der Waals surface area contributed by atoms with Crippen molar-refractivity contribution in [2.45, 2.75) is 47.5 Å². The predicted octanol–water partition coefficient (Wildman–Crippen LogP) is 3.32. The maximum atomic E-state index is 11.4. The van der Waals surface area contributed by atoms with Crippen LogP contribution in [0.1, 0.15) is 47.5 Å². The minimum absolute atomic E-state index is 0.132. The molecule has 0 radical (unpaired) electrons. The second-order valence-corrected chi connectivity index (χ2v) is 4.45. The minimum Gasteiger partial charge on any atom is -0.461 e. The highest BCUT2D eigenvalue weighted by atomic mass is 16.5. The van der Waals surface area contributed by atoms with E-state index in [1.807, 2.05) is 20.8 Å². The fourth-order valence-corrected chi connectivity index (χ4v) is 0.969. The average molecular weight is 198 g/mol. The summed E-state index contributed by atoms with van der Waals surface area (Å²) in [6, 6.07) is 0. The van der Waals surface area contributed by atoms with Crippen LogP contribution < -0.4 is 0 Å². The normalized spacial score (nSPS) is 12.8. The topological polar surface area (TPSA) is 26.3 Å². The van der Waals surface area contributed by atoms with E-state index in [1.54, 1.807) is 0 Å². The summed E-state index contributed by atoms with van der Waals surface area (Å²) in [4.78, 5) is 11.4. The average Bonchev–Trinajstić information content (AvgIpc) is 2.10. The molecule has 2 nitrogen and oxygen atoms in total. The standard InChI is InChI=1S/C12H22O2/c1-6-8-10(7-2)9-14-11(13)12(3,4)5/h8H,6-7,9H2,1-5H3. The van der Waals surface area contributed by atoms with Gasteiger partial charge in [-0.3, -0.25) is 4.79 Å². The molecule has 0 aliphatic rings. The van der Waals surface area contributed by atoms with Crippen LogP contribution in [0, 0.1) is 5.41 Å². The molecule has 0 amide bonds. The fraction of sp³-hybridized carbons (Fsp3) is 0.750. The molecular formula is C12H22O2. The van der Waals surface area contributed by atoms with Gasteiger partial charge >= 0.3 is 5.97 Å². The van der Waals surface area contributed by atoms with Crippen LogP contribution in [0.25, 0.3) is 0 Å². The molecule has 0 rings (SSSR count). The molecule has 0 saturated heterocycles. The van der Waals surface area contributed by atoms with E-state index in [4.69, 9.17) is 4.74 Å². The van der Waals surface area contributed by atoms with Crippen LogP contribution in [-0.2, 0) is 9.53 Å². The monoisotopic (exact) mass is 198 g/mol. The maximum Gasteiger partial charge on any atom is 0.311 e. The number of esters is 1. The van der Waals surface area contributed by atoms with E-state index in [0.29, 0.717) is 6.61 Å². The second kappa shape index (κ2) is 5.84. The smallest absolute Gasteiger partial charge is 0.311 e. The van der Waals surface area contributed by atoms with E-state index in [-0.39, 0.29) is 5.97 Å². The molecular weight excluding hydrogens is 176 g/mol. The zero-order valence-electron chi connectivity index (χ0n) is 10.0. The molecule has 0 atom stereocenters. The summed E-state index contributed by atoms with van der Waals surface area (Å²) >= 11 is 0. The third-order valence-electron chi connectivity index (χ3n) is 1.95. The van der Waals surface area contributed by atoms with Gasteiger partial charge in [0.15, 0.2) is 0 Å². The summed E-state index contributed by atoms with van der Waals surface area (Å²) in [5.41, 5.74) is 0.801. The molecule has 0 aromatic carbocycles. The Labute approximate surface area is 87.3 Å². The molecule has 0 aromatic rings. The summed E-state index contributed by atoms with van der Waals surface area (Å²) in [6.45, 7) is 10.2. The van der Waals surface area contributed by atoms with Crippen LogP contribution in [-0.4, -0.2) is 12.6 Å². The number of hydrogen-bond donors (Lipinski definition) is 0. The summed E-state index contributed by atoms with van der Waals surface area (Å²) in [5.74, 6) is -0.132. The number of ether oxygens (including phenoxy) is 1. The molecule has 2 heteroatoms. The van der Waals surface area contributed by atoms with Gasteiger partial charge in [-0.15, -0.1) is 0 Å². The molecule has 0 bridgehead atoms. The van der Waals surface area contributed by atoms with Gasteiger partial charge in [-0.2, -0.15) is 0 Å². The molecule has 0 spiro atoms. The quantitative estimate of drug-likeness (QED) is 0.511. The number of hydrogen-bond acceptors (Lipinski definition) is 2. The predicted molar refractivity (Wildman–Crippen MR) is 59.1 cm³/mol. The van der Waals surface area contributed by atoms with E-state index in [9.17, 15) is 4.79 Å². The number of carbonyl (C=O) groups excluding carboxylic acids is 1. The van der Waals surface area contributed by atoms with Crippen LogP contribution in [0.5, 0.6) is 0 Å². The van der Waals surface area contributed by atoms with Crippen molar-refractivity contribution in [2.75, 3.05) is 6.61 Å². The first-order chi connectivity index (χ1) is 6.41. The zero-order chi connectivity index (χ0) is 11.2. The molecule has 0 heterocycles. The van der Waals surface area contributed by atoms with Crippen molar-refractivity contribution < 1.29 is 9.53 Å². The van der Waals surface area contributed by atoms with Gasteiger partial charge in [-0.25, -0.2) is 0 Å². The van der Waals surface area contributed by atoms with Gasteiger partial charge in [0.2, 0.25) is 0 Å². The molecule has 0 fully saturated rings. The number of rotatable bonds is 4. The Morgan fingerprint density at radius 3 is 2.21 bits per heavy atom. The fourth-order valence-electron chi connectivity index (χ4n) is 0.969. The lowest BCUT2D eigenvalue weighted by Crippen LogP contribution is -2.23. The van der Waals surface area contributed by atoms with Gasteiger partial charge < -0.3 is 4.74 Å². The Morgan fingerprint density at radius 1 is 1.29 bits per heavy atom. The van der Waals surface area contributed by atoms with Gasteiger partial charge in [-0.05, 0) is 39.2 Å². The molecule has 14 heavy (non-hydrogen) atoms. The lowest BCUT2D eigenvalue weighted by Gasteiger charge is -2.17. The molecule has 0 unspecified atom stereocenters. The molecule has 0 aromatic heterocycles. The largest absolute Gasteiger partial charge is 0.461 e. The lowest BCUT2D eigenvalue weighted by atomic mass is 9.97. The van der Waals surface area contributed by atoms with Crippen molar-refractivity contribution in [3.8, 4) is 0 Å². The van der Waals surface area contributed by atoms with Crippen LogP contribution >= 0.6 is 0 Å². The second-order valence-electron chi connectivity index (χ2n) is 4.45. The Bertz CT molecular complexity index is 209. The van der Waals surface area contributed by atoms with Crippen molar-refractivity contribution in [1.82, 2.24) is 0 Å². The minimum atomic E-state index is -0.398. The van der Waals surface area contributed by atoms with Crippen molar-refractivity contribution in [3.63, 3.8) is 0 Å². The van der Waals surface area contributed by atoms with E-state index in [1.165, 1.54) is 5.57 Å². The Kier molecular flexibility index (Phi) is 5.51. The number of allylic oxidation sites excluding steroid dienone is 1. The van der Waals surface area contributed by atoms with Crippen molar-refractivity contribution in [1.29, 1.82) is 0 Å². The van der Waals surface area contributed by atoms with Gasteiger partial charge in [0.25, 0.3) is 0 Å². The highest BCUT2D eigenvalue weighted by Gasteiger charge is 2.22. The Morgan fingerprint density at radius 2 is 1.86 bits per heavy atom.